The van der Waals surface area contributed by atoms with Crippen LogP contribution in [-0.4, -0.2) is 26.0 Å². The number of aromatic nitrogens is 4. The molecule has 1 atom stereocenters. The molecule has 154 valence electrons. The van der Waals surface area contributed by atoms with Crippen molar-refractivity contribution in [1.29, 1.82) is 0 Å². The fourth-order valence-electron chi connectivity index (χ4n) is 3.43. The molecule has 4 aromatic rings. The molecule has 0 fully saturated rings. The van der Waals surface area contributed by atoms with E-state index in [0.717, 1.165) is 16.5 Å². The highest BCUT2D eigenvalue weighted by Crippen LogP contribution is 2.24. The van der Waals surface area contributed by atoms with E-state index in [0.29, 0.717) is 23.6 Å². The van der Waals surface area contributed by atoms with E-state index < -0.39 is 11.9 Å². The summed E-state index contributed by atoms with van der Waals surface area (Å²) < 4.78 is 5.22. The minimum Gasteiger partial charge on any atom is -0.361 e. The first-order chi connectivity index (χ1) is 14.4. The second kappa shape index (κ2) is 7.98. The second-order valence-corrected chi connectivity index (χ2v) is 7.62. The number of carbonyl (C=O) groups is 1. The molecule has 3 heterocycles. The number of nitrogens with zero attached hydrogens (tertiary/aromatic N) is 2. The van der Waals surface area contributed by atoms with E-state index in [1.807, 2.05) is 44.3 Å². The van der Waals surface area contributed by atoms with Crippen LogP contribution >= 0.6 is 0 Å². The highest BCUT2D eigenvalue weighted by molar-refractivity contribution is 5.91. The van der Waals surface area contributed by atoms with Crippen molar-refractivity contribution in [1.82, 2.24) is 25.4 Å². The van der Waals surface area contributed by atoms with Crippen LogP contribution in [-0.2, 0) is 6.42 Å². The second-order valence-electron chi connectivity index (χ2n) is 7.62. The summed E-state index contributed by atoms with van der Waals surface area (Å²) >= 11 is 0. The monoisotopic (exact) mass is 405 g/mol. The third-order valence-electron chi connectivity index (χ3n) is 4.98. The molecule has 0 radical (unpaired) electrons. The van der Waals surface area contributed by atoms with Crippen LogP contribution in [0.5, 0.6) is 0 Å². The molecule has 0 aliphatic heterocycles. The van der Waals surface area contributed by atoms with Gasteiger partial charge in [-0.25, -0.2) is 4.98 Å². The van der Waals surface area contributed by atoms with Crippen LogP contribution in [0.15, 0.2) is 51.9 Å². The molecular weight excluding hydrogens is 382 g/mol. The lowest BCUT2D eigenvalue weighted by molar-refractivity contribution is 0.0898. The molecule has 8 heteroatoms. The molecule has 1 aromatic carbocycles. The smallest absolute Gasteiger partial charge is 0.290 e. The van der Waals surface area contributed by atoms with Crippen LogP contribution < -0.4 is 10.9 Å². The number of aromatic amines is 2. The summed E-state index contributed by atoms with van der Waals surface area (Å²) in [6.07, 6.45) is 2.37. The summed E-state index contributed by atoms with van der Waals surface area (Å²) in [4.78, 5) is 35.2. The first-order valence-electron chi connectivity index (χ1n) is 9.81. The van der Waals surface area contributed by atoms with E-state index in [1.54, 1.807) is 13.0 Å². The van der Waals surface area contributed by atoms with Gasteiger partial charge in [-0.2, -0.15) is 0 Å². The Morgan fingerprint density at radius 1 is 1.20 bits per heavy atom. The third-order valence-corrected chi connectivity index (χ3v) is 4.98. The van der Waals surface area contributed by atoms with Gasteiger partial charge in [-0.1, -0.05) is 37.2 Å². The van der Waals surface area contributed by atoms with Crippen LogP contribution in [0.3, 0.4) is 0 Å². The van der Waals surface area contributed by atoms with Gasteiger partial charge in [0.15, 0.2) is 0 Å². The lowest BCUT2D eigenvalue weighted by Crippen LogP contribution is -2.31. The Hall–Kier alpha value is -3.68. The molecule has 1 unspecified atom stereocenters. The van der Waals surface area contributed by atoms with E-state index in [2.05, 4.69) is 25.4 Å². The average molecular weight is 405 g/mol. The summed E-state index contributed by atoms with van der Waals surface area (Å²) in [7, 11) is 0. The van der Waals surface area contributed by atoms with Crippen molar-refractivity contribution in [2.45, 2.75) is 39.2 Å². The number of carbonyl (C=O) groups excluding carboxylic acids is 1. The van der Waals surface area contributed by atoms with Crippen LogP contribution in [0.2, 0.25) is 0 Å². The van der Waals surface area contributed by atoms with Crippen molar-refractivity contribution in [3.8, 4) is 0 Å². The topological polar surface area (TPSA) is 117 Å². The number of nitrogens with one attached hydrogen (secondary N) is 3. The Labute approximate surface area is 172 Å². The number of amides is 1. The molecule has 0 saturated carbocycles. The Balaban J connectivity index is 1.67. The van der Waals surface area contributed by atoms with Gasteiger partial charge in [0.05, 0.1) is 17.4 Å². The summed E-state index contributed by atoms with van der Waals surface area (Å²) in [5.74, 6) is 0.356. The van der Waals surface area contributed by atoms with Crippen molar-refractivity contribution in [2.75, 3.05) is 0 Å². The van der Waals surface area contributed by atoms with Crippen LogP contribution in [0, 0.1) is 6.92 Å². The predicted molar refractivity (Wildman–Crippen MR) is 112 cm³/mol. The van der Waals surface area contributed by atoms with E-state index in [1.165, 1.54) is 6.07 Å². The van der Waals surface area contributed by atoms with Crippen molar-refractivity contribution in [3.63, 3.8) is 0 Å². The van der Waals surface area contributed by atoms with Crippen LogP contribution in [0.4, 0.5) is 0 Å². The van der Waals surface area contributed by atoms with Gasteiger partial charge in [0, 0.05) is 35.7 Å². The maximum atomic E-state index is 12.9. The lowest BCUT2D eigenvalue weighted by atomic mass is 10.0. The van der Waals surface area contributed by atoms with Gasteiger partial charge < -0.3 is 19.8 Å². The third kappa shape index (κ3) is 4.03. The number of H-pyrrole nitrogens is 2. The Morgan fingerprint density at radius 2 is 2.00 bits per heavy atom. The summed E-state index contributed by atoms with van der Waals surface area (Å²) in [5, 5.41) is 7.96. The maximum Gasteiger partial charge on any atom is 0.290 e. The van der Waals surface area contributed by atoms with Gasteiger partial charge >= 0.3 is 0 Å². The Morgan fingerprint density at radius 3 is 2.73 bits per heavy atom. The van der Waals surface area contributed by atoms with E-state index in [9.17, 15) is 9.59 Å². The highest BCUT2D eigenvalue weighted by Gasteiger charge is 2.23. The molecule has 4 rings (SSSR count). The molecule has 0 aliphatic rings. The zero-order valence-corrected chi connectivity index (χ0v) is 17.0. The largest absolute Gasteiger partial charge is 0.361 e. The SMILES string of the molecule is Cc1nc(C(Cc2c[nH]c3ccccc23)NC(=O)c2cc(C(C)C)no2)cc(=O)[nH]1. The first kappa shape index (κ1) is 19.6. The van der Waals surface area contributed by atoms with Crippen molar-refractivity contribution >= 4 is 16.8 Å². The van der Waals surface area contributed by atoms with Gasteiger partial charge in [0.2, 0.25) is 5.76 Å². The number of fused-ring (bicyclic) bond motifs is 1. The number of benzene rings is 1. The standard InChI is InChI=1S/C22H23N5O3/c1-12(2)17-9-20(30-27-17)22(29)26-18(19-10-21(28)25-13(3)24-19)8-14-11-23-16-7-5-4-6-15(14)16/h4-7,9-12,18,23H,8H2,1-3H3,(H,26,29)(H,24,25,28). The molecular formula is C22H23N5O3. The fraction of sp³-hybridized carbons (Fsp3) is 0.273. The van der Waals surface area contributed by atoms with Crippen molar-refractivity contribution in [3.05, 3.63) is 81.5 Å². The normalized spacial score (nSPS) is 12.4. The molecule has 0 aliphatic carbocycles. The molecule has 1 amide bonds. The van der Waals surface area contributed by atoms with Gasteiger partial charge in [-0.05, 0) is 24.5 Å². The van der Waals surface area contributed by atoms with Crippen molar-refractivity contribution < 1.29 is 9.32 Å². The number of para-hydroxylation sites is 1. The molecule has 3 aromatic heterocycles. The lowest BCUT2D eigenvalue weighted by Gasteiger charge is -2.17. The fourth-order valence-corrected chi connectivity index (χ4v) is 3.43. The van der Waals surface area contributed by atoms with Crippen molar-refractivity contribution in [2.24, 2.45) is 0 Å². The van der Waals surface area contributed by atoms with Crippen LogP contribution in [0.25, 0.3) is 10.9 Å². The zero-order valence-electron chi connectivity index (χ0n) is 17.0. The summed E-state index contributed by atoms with van der Waals surface area (Å²) in [6.45, 7) is 5.66. The quantitative estimate of drug-likeness (QED) is 0.455. The number of hydrogen-bond acceptors (Lipinski definition) is 5. The van der Waals surface area contributed by atoms with E-state index in [-0.39, 0.29) is 17.2 Å². The summed E-state index contributed by atoms with van der Waals surface area (Å²) in [5.41, 5.74) is 2.94. The Bertz CT molecular complexity index is 1250. The molecule has 3 N–H and O–H groups in total. The first-order valence-corrected chi connectivity index (χ1v) is 9.81. The maximum absolute atomic E-state index is 12.9. The van der Waals surface area contributed by atoms with Gasteiger partial charge in [-0.15, -0.1) is 0 Å². The molecule has 30 heavy (non-hydrogen) atoms. The minimum absolute atomic E-state index is 0.129. The molecule has 0 bridgehead atoms. The van der Waals surface area contributed by atoms with Gasteiger partial charge in [-0.3, -0.25) is 9.59 Å². The van der Waals surface area contributed by atoms with Gasteiger partial charge in [0.1, 0.15) is 5.82 Å². The predicted octanol–water partition coefficient (Wildman–Crippen LogP) is 3.38. The molecule has 0 saturated heterocycles. The number of aryl methyl sites for hydroxylation is 1. The Kier molecular flexibility index (Phi) is 5.22. The zero-order chi connectivity index (χ0) is 21.3. The molecule has 0 spiro atoms. The van der Waals surface area contributed by atoms with E-state index in [4.69, 9.17) is 4.52 Å². The number of hydrogen-bond donors (Lipinski definition) is 3. The average Bonchev–Trinajstić information content (AvgIpc) is 3.34. The number of rotatable bonds is 6. The molecule has 8 nitrogen and oxygen atoms in total. The van der Waals surface area contributed by atoms with Gasteiger partial charge in [0.25, 0.3) is 11.5 Å². The van der Waals surface area contributed by atoms with Crippen LogP contribution in [0.1, 0.15) is 59.1 Å². The van der Waals surface area contributed by atoms with E-state index >= 15 is 0 Å². The summed E-state index contributed by atoms with van der Waals surface area (Å²) in [6, 6.07) is 10.5. The minimum atomic E-state index is -0.523. The highest BCUT2D eigenvalue weighted by atomic mass is 16.5.